The maximum absolute atomic E-state index is 13.6. The molecule has 32 heavy (non-hydrogen) atoms. The van der Waals surface area contributed by atoms with Gasteiger partial charge in [-0.3, -0.25) is 24.5 Å². The van der Waals surface area contributed by atoms with Gasteiger partial charge in [0.25, 0.3) is 11.6 Å². The predicted octanol–water partition coefficient (Wildman–Crippen LogP) is 3.79. The maximum Gasteiger partial charge on any atom is 0.269 e. The summed E-state index contributed by atoms with van der Waals surface area (Å²) in [4.78, 5) is 44.0. The van der Waals surface area contributed by atoms with Gasteiger partial charge in [0.1, 0.15) is 11.7 Å². The van der Waals surface area contributed by atoms with Crippen LogP contribution in [0.15, 0.2) is 78.9 Å². The van der Waals surface area contributed by atoms with E-state index in [2.05, 4.69) is 0 Å². The van der Waals surface area contributed by atoms with Crippen LogP contribution in [0.3, 0.4) is 0 Å². The molecule has 2 saturated heterocycles. The number of benzene rings is 3. The molecule has 0 unspecified atom stereocenters. The lowest BCUT2D eigenvalue weighted by atomic mass is 9.90. The Morgan fingerprint density at radius 2 is 1.50 bits per heavy atom. The molecule has 0 bridgehead atoms. The van der Waals surface area contributed by atoms with Crippen molar-refractivity contribution in [3.05, 3.63) is 100 Å². The fraction of sp³-hybridized carbons (Fsp3) is 0.130. The number of nitro benzene ring substituents is 1. The second kappa shape index (κ2) is 7.54. The lowest BCUT2D eigenvalue weighted by Crippen LogP contribution is -2.37. The van der Waals surface area contributed by atoms with Crippen LogP contribution in [-0.2, 0) is 14.4 Å². The summed E-state index contributed by atoms with van der Waals surface area (Å²) in [6.07, 6.45) is -1.08. The molecule has 5 rings (SSSR count). The van der Waals surface area contributed by atoms with Crippen LogP contribution in [0.25, 0.3) is 0 Å². The molecule has 0 spiro atoms. The van der Waals surface area contributed by atoms with Crippen LogP contribution in [0.2, 0.25) is 0 Å². The fourth-order valence-electron chi connectivity index (χ4n) is 4.19. The quantitative estimate of drug-likeness (QED) is 0.353. The van der Waals surface area contributed by atoms with Crippen LogP contribution < -0.4 is 9.96 Å². The Balaban J connectivity index is 1.55. The van der Waals surface area contributed by atoms with Crippen LogP contribution in [0, 0.1) is 21.8 Å². The molecular formula is C23H16FN3O5. The molecule has 2 fully saturated rings. The Kier molecular flexibility index (Phi) is 4.67. The number of nitrogens with zero attached hydrogens (tertiary/aromatic N) is 3. The average molecular weight is 433 g/mol. The van der Waals surface area contributed by atoms with Gasteiger partial charge in [0.2, 0.25) is 5.91 Å². The third-order valence-electron chi connectivity index (χ3n) is 5.66. The summed E-state index contributed by atoms with van der Waals surface area (Å²) >= 11 is 0. The first-order valence-electron chi connectivity index (χ1n) is 9.84. The SMILES string of the molecule is O=C1[C@H]2[C@@H](ON(c3ccccc3)[C@H]2c2ccc(F)cc2)C(=O)N1c1ccc([N+](=O)[O-])cc1. The minimum absolute atomic E-state index is 0.149. The van der Waals surface area contributed by atoms with E-state index in [1.54, 1.807) is 36.4 Å². The van der Waals surface area contributed by atoms with Crippen molar-refractivity contribution in [2.24, 2.45) is 5.92 Å². The largest absolute Gasteiger partial charge is 0.273 e. The highest BCUT2D eigenvalue weighted by Crippen LogP contribution is 2.47. The van der Waals surface area contributed by atoms with Crippen molar-refractivity contribution < 1.29 is 23.7 Å². The van der Waals surface area contributed by atoms with Crippen LogP contribution in [0.4, 0.5) is 21.5 Å². The van der Waals surface area contributed by atoms with Gasteiger partial charge in [0, 0.05) is 12.1 Å². The Morgan fingerprint density at radius 1 is 0.844 bits per heavy atom. The number of amides is 2. The average Bonchev–Trinajstić information content (AvgIpc) is 3.31. The molecule has 9 heteroatoms. The lowest BCUT2D eigenvalue weighted by Gasteiger charge is -2.28. The predicted molar refractivity (Wildman–Crippen MR) is 112 cm³/mol. The molecule has 160 valence electrons. The highest BCUT2D eigenvalue weighted by atomic mass is 19.1. The summed E-state index contributed by atoms with van der Waals surface area (Å²) in [5.41, 5.74) is 1.35. The van der Waals surface area contributed by atoms with E-state index < -0.39 is 40.6 Å². The number of para-hydroxylation sites is 1. The number of anilines is 2. The van der Waals surface area contributed by atoms with Crippen molar-refractivity contribution in [1.82, 2.24) is 0 Å². The first kappa shape index (κ1) is 19.8. The van der Waals surface area contributed by atoms with E-state index in [4.69, 9.17) is 4.84 Å². The van der Waals surface area contributed by atoms with Gasteiger partial charge < -0.3 is 0 Å². The number of non-ortho nitro benzene ring substituents is 1. The van der Waals surface area contributed by atoms with E-state index in [1.807, 2.05) is 6.07 Å². The van der Waals surface area contributed by atoms with Gasteiger partial charge in [-0.2, -0.15) is 0 Å². The van der Waals surface area contributed by atoms with Crippen molar-refractivity contribution in [2.45, 2.75) is 12.1 Å². The van der Waals surface area contributed by atoms with E-state index in [1.165, 1.54) is 41.5 Å². The number of nitro groups is 1. The summed E-state index contributed by atoms with van der Waals surface area (Å²) in [6.45, 7) is 0. The first-order valence-corrected chi connectivity index (χ1v) is 9.84. The molecule has 0 saturated carbocycles. The van der Waals surface area contributed by atoms with E-state index in [0.29, 0.717) is 11.3 Å². The number of halogens is 1. The molecule has 2 aliphatic rings. The number of imide groups is 1. The first-order chi connectivity index (χ1) is 15.5. The number of fused-ring (bicyclic) bond motifs is 1. The summed E-state index contributed by atoms with van der Waals surface area (Å²) in [5, 5.41) is 12.4. The van der Waals surface area contributed by atoms with Gasteiger partial charge in [0.15, 0.2) is 6.10 Å². The van der Waals surface area contributed by atoms with Crippen molar-refractivity contribution in [3.63, 3.8) is 0 Å². The second-order valence-corrected chi connectivity index (χ2v) is 7.49. The summed E-state index contributed by atoms with van der Waals surface area (Å²) in [6, 6.07) is 19.3. The number of carbonyl (C=O) groups is 2. The molecule has 2 heterocycles. The van der Waals surface area contributed by atoms with E-state index in [-0.39, 0.29) is 11.4 Å². The zero-order valence-corrected chi connectivity index (χ0v) is 16.5. The third kappa shape index (κ3) is 3.10. The van der Waals surface area contributed by atoms with Gasteiger partial charge in [-0.1, -0.05) is 30.3 Å². The molecule has 3 aromatic rings. The molecule has 3 aromatic carbocycles. The molecule has 2 amide bonds. The molecule has 0 aromatic heterocycles. The van der Waals surface area contributed by atoms with Gasteiger partial charge in [-0.15, -0.1) is 0 Å². The van der Waals surface area contributed by atoms with Gasteiger partial charge >= 0.3 is 0 Å². The summed E-state index contributed by atoms with van der Waals surface area (Å²) < 4.78 is 13.6. The molecule has 0 N–H and O–H groups in total. The third-order valence-corrected chi connectivity index (χ3v) is 5.66. The van der Waals surface area contributed by atoms with Gasteiger partial charge in [-0.05, 0) is 42.0 Å². The van der Waals surface area contributed by atoms with E-state index in [9.17, 15) is 24.1 Å². The van der Waals surface area contributed by atoms with Crippen LogP contribution in [0.5, 0.6) is 0 Å². The van der Waals surface area contributed by atoms with E-state index in [0.717, 1.165) is 4.90 Å². The molecule has 0 radical (unpaired) electrons. The maximum atomic E-state index is 13.6. The summed E-state index contributed by atoms with van der Waals surface area (Å²) in [7, 11) is 0. The normalized spacial score (nSPS) is 22.3. The number of hydrogen-bond donors (Lipinski definition) is 0. The Bertz CT molecular complexity index is 1200. The zero-order valence-electron chi connectivity index (χ0n) is 16.5. The number of hydroxylamine groups is 1. The minimum Gasteiger partial charge on any atom is -0.273 e. The number of carbonyl (C=O) groups excluding carboxylic acids is 2. The number of rotatable bonds is 4. The van der Waals surface area contributed by atoms with Crippen LogP contribution in [-0.4, -0.2) is 22.8 Å². The lowest BCUT2D eigenvalue weighted by molar-refractivity contribution is -0.384. The van der Waals surface area contributed by atoms with Crippen LogP contribution in [0.1, 0.15) is 11.6 Å². The minimum atomic E-state index is -1.08. The molecule has 3 atom stereocenters. The molecule has 2 aliphatic heterocycles. The Hall–Kier alpha value is -4.11. The van der Waals surface area contributed by atoms with Crippen molar-refractivity contribution in [1.29, 1.82) is 0 Å². The highest BCUT2D eigenvalue weighted by molar-refractivity contribution is 6.23. The second-order valence-electron chi connectivity index (χ2n) is 7.49. The monoisotopic (exact) mass is 433 g/mol. The highest BCUT2D eigenvalue weighted by Gasteiger charge is 2.60. The van der Waals surface area contributed by atoms with Gasteiger partial charge in [-0.25, -0.2) is 14.4 Å². The Labute approximate surface area is 181 Å². The zero-order chi connectivity index (χ0) is 22.4. The smallest absolute Gasteiger partial charge is 0.269 e. The van der Waals surface area contributed by atoms with Gasteiger partial charge in [0.05, 0.1) is 22.3 Å². The topological polar surface area (TPSA) is 93.0 Å². The van der Waals surface area contributed by atoms with Crippen molar-refractivity contribution in [3.8, 4) is 0 Å². The van der Waals surface area contributed by atoms with Crippen LogP contribution >= 0.6 is 0 Å². The van der Waals surface area contributed by atoms with E-state index >= 15 is 0 Å². The Morgan fingerprint density at radius 3 is 2.12 bits per heavy atom. The molecular weight excluding hydrogens is 417 g/mol. The van der Waals surface area contributed by atoms with Crippen molar-refractivity contribution >= 4 is 28.9 Å². The van der Waals surface area contributed by atoms with Crippen molar-refractivity contribution in [2.75, 3.05) is 9.96 Å². The molecule has 0 aliphatic carbocycles. The fourth-order valence-corrected chi connectivity index (χ4v) is 4.19. The number of hydrogen-bond acceptors (Lipinski definition) is 6. The molecule has 8 nitrogen and oxygen atoms in total. The standard InChI is InChI=1S/C23H16FN3O5/c24-15-8-6-14(7-9-15)20-19-21(32-26(20)17-4-2-1-3-5-17)23(29)25(22(19)28)16-10-12-18(13-11-16)27(30)31/h1-13,19-21H/t19-,20+,21-/m1/s1. The summed E-state index contributed by atoms with van der Waals surface area (Å²) in [5.74, 6) is -2.33.